The number of benzene rings is 1. The minimum absolute atomic E-state index is 0.0388. The molecule has 2 rings (SSSR count). The number of hydrogen-bond donors (Lipinski definition) is 2. The molecule has 1 aromatic rings. The van der Waals surface area contributed by atoms with Gasteiger partial charge in [0.15, 0.2) is 0 Å². The van der Waals surface area contributed by atoms with Crippen LogP contribution in [-0.4, -0.2) is 19.0 Å². The van der Waals surface area contributed by atoms with Gasteiger partial charge in [0, 0.05) is 0 Å². The number of halogens is 1. The van der Waals surface area contributed by atoms with Crippen molar-refractivity contribution in [2.75, 3.05) is 7.05 Å². The Morgan fingerprint density at radius 2 is 1.96 bits per heavy atom. The molecule has 0 fully saturated rings. The van der Waals surface area contributed by atoms with Crippen LogP contribution in [0.2, 0.25) is 5.02 Å². The highest BCUT2D eigenvalue weighted by molar-refractivity contribution is 6.34. The zero-order valence-corrected chi connectivity index (χ0v) is 15.6. The lowest BCUT2D eigenvalue weighted by molar-refractivity contribution is 0.0934. The number of allylic oxidation sites excluding steroid dienone is 4. The number of nitrogens with two attached hydrogens (primary N) is 1. The van der Waals surface area contributed by atoms with E-state index in [0.717, 1.165) is 17.6 Å². The van der Waals surface area contributed by atoms with Crippen molar-refractivity contribution in [3.8, 4) is 0 Å². The lowest BCUT2D eigenvalue weighted by Gasteiger charge is -2.24. The molecule has 0 saturated carbocycles. The van der Waals surface area contributed by atoms with Gasteiger partial charge in [0.25, 0.3) is 5.91 Å². The van der Waals surface area contributed by atoms with E-state index in [-0.39, 0.29) is 17.9 Å². The van der Waals surface area contributed by atoms with E-state index in [1.807, 2.05) is 25.1 Å². The standard InChI is InChI=1S/C19H22ClNO.CH5N/c1-13(2)18(15-10-6-4-5-7-11-15)21-19(22)16-12-8-9-14(3)17(16)20;1-2/h4,6-13,18H,5H2,1-3H3,(H,21,22);2H2,1H3. The van der Waals surface area contributed by atoms with E-state index >= 15 is 0 Å². The molecule has 24 heavy (non-hydrogen) atoms. The summed E-state index contributed by atoms with van der Waals surface area (Å²) in [6, 6.07) is 5.48. The van der Waals surface area contributed by atoms with E-state index in [9.17, 15) is 4.79 Å². The summed E-state index contributed by atoms with van der Waals surface area (Å²) < 4.78 is 0. The molecule has 1 aliphatic rings. The highest BCUT2D eigenvalue weighted by Gasteiger charge is 2.21. The summed E-state index contributed by atoms with van der Waals surface area (Å²) in [5, 5.41) is 3.64. The maximum atomic E-state index is 12.6. The van der Waals surface area contributed by atoms with Gasteiger partial charge in [0.1, 0.15) is 0 Å². The van der Waals surface area contributed by atoms with Gasteiger partial charge in [-0.1, -0.05) is 68.0 Å². The summed E-state index contributed by atoms with van der Waals surface area (Å²) >= 11 is 6.26. The second-order valence-corrected chi connectivity index (χ2v) is 6.24. The van der Waals surface area contributed by atoms with Gasteiger partial charge in [0.05, 0.1) is 16.6 Å². The van der Waals surface area contributed by atoms with Crippen molar-refractivity contribution in [3.05, 3.63) is 70.3 Å². The molecule has 1 atom stereocenters. The number of aryl methyl sites for hydroxylation is 1. The zero-order valence-electron chi connectivity index (χ0n) is 14.8. The Balaban J connectivity index is 0.00000139. The number of carbonyl (C=O) groups excluding carboxylic acids is 1. The second kappa shape index (κ2) is 10.1. The molecule has 1 aromatic carbocycles. The third kappa shape index (κ3) is 5.36. The third-order valence-corrected chi connectivity index (χ3v) is 4.26. The molecule has 0 bridgehead atoms. The highest BCUT2D eigenvalue weighted by atomic mass is 35.5. The summed E-state index contributed by atoms with van der Waals surface area (Å²) in [5.41, 5.74) is 7.05. The Morgan fingerprint density at radius 3 is 2.62 bits per heavy atom. The largest absolute Gasteiger partial charge is 0.345 e. The van der Waals surface area contributed by atoms with Crippen molar-refractivity contribution in [3.63, 3.8) is 0 Å². The Bertz CT molecular complexity index is 645. The fourth-order valence-corrected chi connectivity index (χ4v) is 2.69. The van der Waals surface area contributed by atoms with Crippen LogP contribution in [0, 0.1) is 12.8 Å². The molecule has 0 radical (unpaired) electrons. The molecular weight excluding hydrogens is 320 g/mol. The smallest absolute Gasteiger partial charge is 0.253 e. The van der Waals surface area contributed by atoms with E-state index in [0.29, 0.717) is 10.6 Å². The van der Waals surface area contributed by atoms with Crippen molar-refractivity contribution in [1.82, 2.24) is 5.32 Å². The molecular formula is C20H27ClN2O. The summed E-state index contributed by atoms with van der Waals surface area (Å²) in [5.74, 6) is 0.157. The van der Waals surface area contributed by atoms with Gasteiger partial charge in [-0.3, -0.25) is 4.79 Å². The quantitative estimate of drug-likeness (QED) is 0.847. The lowest BCUT2D eigenvalue weighted by atomic mass is 9.94. The summed E-state index contributed by atoms with van der Waals surface area (Å²) in [7, 11) is 1.50. The van der Waals surface area contributed by atoms with Crippen molar-refractivity contribution in [2.45, 2.75) is 33.2 Å². The third-order valence-electron chi connectivity index (χ3n) is 3.76. The lowest BCUT2D eigenvalue weighted by Crippen LogP contribution is -2.39. The summed E-state index contributed by atoms with van der Waals surface area (Å²) in [4.78, 5) is 12.6. The van der Waals surface area contributed by atoms with Gasteiger partial charge in [-0.05, 0) is 43.5 Å². The van der Waals surface area contributed by atoms with Gasteiger partial charge in [-0.25, -0.2) is 0 Å². The van der Waals surface area contributed by atoms with Crippen LogP contribution < -0.4 is 11.1 Å². The first kappa shape index (κ1) is 20.2. The van der Waals surface area contributed by atoms with Crippen LogP contribution in [0.25, 0.3) is 0 Å². The molecule has 130 valence electrons. The summed E-state index contributed by atoms with van der Waals surface area (Å²) in [6.07, 6.45) is 11.3. The molecule has 0 saturated heterocycles. The Morgan fingerprint density at radius 1 is 1.25 bits per heavy atom. The topological polar surface area (TPSA) is 55.1 Å². The van der Waals surface area contributed by atoms with Gasteiger partial charge in [0.2, 0.25) is 0 Å². The minimum atomic E-state index is -0.130. The molecule has 4 heteroatoms. The SMILES string of the molecule is CN.Cc1cccc(C(=O)NC(C2=CC=CCC=C2)C(C)C)c1Cl. The number of amides is 1. The van der Waals surface area contributed by atoms with E-state index in [4.69, 9.17) is 11.6 Å². The van der Waals surface area contributed by atoms with Crippen LogP contribution >= 0.6 is 11.6 Å². The van der Waals surface area contributed by atoms with Crippen LogP contribution in [0.1, 0.15) is 36.2 Å². The molecule has 1 amide bonds. The van der Waals surface area contributed by atoms with E-state index in [1.54, 1.807) is 6.07 Å². The monoisotopic (exact) mass is 346 g/mol. The van der Waals surface area contributed by atoms with E-state index in [2.05, 4.69) is 49.2 Å². The predicted molar refractivity (Wildman–Crippen MR) is 103 cm³/mol. The first-order valence-corrected chi connectivity index (χ1v) is 8.55. The number of rotatable bonds is 4. The van der Waals surface area contributed by atoms with Crippen molar-refractivity contribution < 1.29 is 4.79 Å². The van der Waals surface area contributed by atoms with E-state index < -0.39 is 0 Å². The molecule has 1 aliphatic carbocycles. The molecule has 0 spiro atoms. The minimum Gasteiger partial charge on any atom is -0.345 e. The normalized spacial score (nSPS) is 14.4. The summed E-state index contributed by atoms with van der Waals surface area (Å²) in [6.45, 7) is 6.11. The van der Waals surface area contributed by atoms with Crippen LogP contribution in [0.5, 0.6) is 0 Å². The van der Waals surface area contributed by atoms with Crippen molar-refractivity contribution >= 4 is 17.5 Å². The molecule has 3 N–H and O–H groups in total. The van der Waals surface area contributed by atoms with Gasteiger partial charge >= 0.3 is 0 Å². The van der Waals surface area contributed by atoms with Crippen LogP contribution in [0.3, 0.4) is 0 Å². The van der Waals surface area contributed by atoms with Gasteiger partial charge in [-0.2, -0.15) is 0 Å². The van der Waals surface area contributed by atoms with E-state index in [1.165, 1.54) is 7.05 Å². The van der Waals surface area contributed by atoms with Crippen LogP contribution in [-0.2, 0) is 0 Å². The first-order valence-electron chi connectivity index (χ1n) is 8.17. The number of nitrogens with one attached hydrogen (secondary N) is 1. The second-order valence-electron chi connectivity index (χ2n) is 5.86. The number of hydrogen-bond acceptors (Lipinski definition) is 2. The molecule has 1 unspecified atom stereocenters. The maximum Gasteiger partial charge on any atom is 0.253 e. The zero-order chi connectivity index (χ0) is 18.1. The molecule has 3 nitrogen and oxygen atoms in total. The Labute approximate surface area is 150 Å². The molecule has 0 heterocycles. The predicted octanol–water partition coefficient (Wildman–Crippen LogP) is 4.42. The maximum absolute atomic E-state index is 12.6. The van der Waals surface area contributed by atoms with Crippen molar-refractivity contribution in [2.24, 2.45) is 11.7 Å². The van der Waals surface area contributed by atoms with Crippen LogP contribution in [0.15, 0.2) is 54.2 Å². The number of carbonyl (C=O) groups is 1. The highest BCUT2D eigenvalue weighted by Crippen LogP contribution is 2.22. The van der Waals surface area contributed by atoms with Gasteiger partial charge in [-0.15, -0.1) is 0 Å². The van der Waals surface area contributed by atoms with Crippen molar-refractivity contribution in [1.29, 1.82) is 0 Å². The fraction of sp³-hybridized carbons (Fsp3) is 0.350. The molecule has 0 aromatic heterocycles. The molecule has 0 aliphatic heterocycles. The average Bonchev–Trinajstić information content (AvgIpc) is 2.85. The van der Waals surface area contributed by atoms with Crippen LogP contribution in [0.4, 0.5) is 0 Å². The Hall–Kier alpha value is -1.84. The Kier molecular flexibility index (Phi) is 8.51. The fourth-order valence-electron chi connectivity index (χ4n) is 2.48. The first-order chi connectivity index (χ1) is 11.5. The van der Waals surface area contributed by atoms with Gasteiger partial charge < -0.3 is 11.1 Å². The average molecular weight is 347 g/mol.